The molecule has 0 aliphatic carbocycles. The first-order chi connectivity index (χ1) is 15.3. The van der Waals surface area contributed by atoms with Crippen molar-refractivity contribution >= 4 is 17.6 Å². The second-order valence-electron chi connectivity index (χ2n) is 9.04. The second kappa shape index (κ2) is 9.33. The molecule has 0 radical (unpaired) electrons. The Bertz CT molecular complexity index is 1020. The highest BCUT2D eigenvalue weighted by atomic mass is 35.5. The van der Waals surface area contributed by atoms with Gasteiger partial charge in [0, 0.05) is 23.8 Å². The van der Waals surface area contributed by atoms with E-state index in [2.05, 4.69) is 0 Å². The van der Waals surface area contributed by atoms with E-state index < -0.39 is 29.6 Å². The highest BCUT2D eigenvalue weighted by Crippen LogP contribution is 2.46. The van der Waals surface area contributed by atoms with Crippen LogP contribution in [0.1, 0.15) is 38.3 Å². The Morgan fingerprint density at radius 2 is 1.82 bits per heavy atom. The second-order valence-corrected chi connectivity index (χ2v) is 9.44. The third-order valence-corrected chi connectivity index (χ3v) is 5.82. The molecule has 2 aromatic rings. The number of benzene rings is 2. The standard InChI is InChI=1S/C24H26ClF3O5/c1-22(2,3)23(21(29)30)14-16-12-17(6-8-19(16)33-23)31-9-4-10-32-20-7-5-15(11-18(20)25)13-24(26,27)28/h5-8,11-12H,4,9-10,13-14H2,1-3H3,(H,29,30)/t23-/m1/s1. The summed E-state index contributed by atoms with van der Waals surface area (Å²) >= 11 is 6.02. The van der Waals surface area contributed by atoms with Gasteiger partial charge in [0.15, 0.2) is 0 Å². The van der Waals surface area contributed by atoms with E-state index >= 15 is 0 Å². The van der Waals surface area contributed by atoms with Gasteiger partial charge in [-0.05, 0) is 35.9 Å². The molecule has 2 aromatic carbocycles. The summed E-state index contributed by atoms with van der Waals surface area (Å²) in [5.74, 6) is 0.425. The van der Waals surface area contributed by atoms with Crippen molar-refractivity contribution in [2.75, 3.05) is 13.2 Å². The third-order valence-electron chi connectivity index (χ3n) is 5.53. The largest absolute Gasteiger partial charge is 0.493 e. The summed E-state index contributed by atoms with van der Waals surface area (Å²) in [6.07, 6.45) is -4.59. The Morgan fingerprint density at radius 3 is 2.42 bits per heavy atom. The van der Waals surface area contributed by atoms with Crippen molar-refractivity contribution in [1.82, 2.24) is 0 Å². The minimum atomic E-state index is -4.30. The lowest BCUT2D eigenvalue weighted by Crippen LogP contribution is -2.54. The molecule has 9 heteroatoms. The van der Waals surface area contributed by atoms with Crippen LogP contribution in [0.25, 0.3) is 0 Å². The fourth-order valence-corrected chi connectivity index (χ4v) is 3.93. The third kappa shape index (κ3) is 5.85. The van der Waals surface area contributed by atoms with Gasteiger partial charge in [-0.3, -0.25) is 0 Å². The Morgan fingerprint density at radius 1 is 1.12 bits per heavy atom. The SMILES string of the molecule is CC(C)(C)[C@]1(C(=O)O)Cc2cc(OCCCOc3ccc(CC(F)(F)F)cc3Cl)ccc2O1. The Balaban J connectivity index is 1.50. The van der Waals surface area contributed by atoms with E-state index in [1.807, 2.05) is 20.8 Å². The summed E-state index contributed by atoms with van der Waals surface area (Å²) in [5.41, 5.74) is -1.10. The molecule has 0 spiro atoms. The van der Waals surface area contributed by atoms with Gasteiger partial charge in [-0.1, -0.05) is 38.4 Å². The molecular weight excluding hydrogens is 461 g/mol. The molecule has 0 amide bonds. The molecule has 1 atom stereocenters. The lowest BCUT2D eigenvalue weighted by Gasteiger charge is -2.36. The summed E-state index contributed by atoms with van der Waals surface area (Å²) in [7, 11) is 0. The Labute approximate surface area is 195 Å². The average Bonchev–Trinajstić information content (AvgIpc) is 3.08. The summed E-state index contributed by atoms with van der Waals surface area (Å²) in [6, 6.07) is 9.22. The molecule has 0 bridgehead atoms. The van der Waals surface area contributed by atoms with Gasteiger partial charge in [0.1, 0.15) is 17.2 Å². The van der Waals surface area contributed by atoms with E-state index in [0.717, 1.165) is 5.56 Å². The number of rotatable bonds is 8. The fraction of sp³-hybridized carbons (Fsp3) is 0.458. The quantitative estimate of drug-likeness (QED) is 0.457. The number of alkyl halides is 3. The zero-order chi connectivity index (χ0) is 24.4. The molecule has 1 aliphatic heterocycles. The van der Waals surface area contributed by atoms with Gasteiger partial charge in [0.25, 0.3) is 0 Å². The molecule has 1 aliphatic rings. The van der Waals surface area contributed by atoms with Gasteiger partial charge in [-0.25, -0.2) is 4.79 Å². The van der Waals surface area contributed by atoms with Crippen LogP contribution in [-0.4, -0.2) is 36.1 Å². The highest BCUT2D eigenvalue weighted by molar-refractivity contribution is 6.32. The summed E-state index contributed by atoms with van der Waals surface area (Å²) in [5, 5.41) is 9.91. The van der Waals surface area contributed by atoms with Crippen LogP contribution in [0, 0.1) is 5.41 Å². The first kappa shape index (κ1) is 25.0. The molecule has 5 nitrogen and oxygen atoms in total. The Kier molecular flexibility index (Phi) is 7.07. The number of carboxylic acids is 1. The van der Waals surface area contributed by atoms with Crippen LogP contribution in [0.5, 0.6) is 17.2 Å². The summed E-state index contributed by atoms with van der Waals surface area (Å²) < 4.78 is 54.6. The molecule has 33 heavy (non-hydrogen) atoms. The van der Waals surface area contributed by atoms with Crippen LogP contribution in [0.3, 0.4) is 0 Å². The van der Waals surface area contributed by atoms with Gasteiger partial charge in [0.2, 0.25) is 5.60 Å². The molecule has 0 aromatic heterocycles. The normalized spacial score (nSPS) is 17.9. The number of carboxylic acid groups (broad SMARTS) is 1. The number of aliphatic carboxylic acids is 1. The van der Waals surface area contributed by atoms with E-state index in [0.29, 0.717) is 30.3 Å². The number of hydrogen-bond donors (Lipinski definition) is 1. The highest BCUT2D eigenvalue weighted by Gasteiger charge is 2.55. The van der Waals surface area contributed by atoms with Crippen molar-refractivity contribution in [1.29, 1.82) is 0 Å². The van der Waals surface area contributed by atoms with E-state index in [1.165, 1.54) is 18.2 Å². The molecular formula is C24H26ClF3O5. The van der Waals surface area contributed by atoms with Gasteiger partial charge in [-0.15, -0.1) is 0 Å². The molecule has 0 saturated heterocycles. The topological polar surface area (TPSA) is 65.0 Å². The maximum Gasteiger partial charge on any atom is 0.393 e. The molecule has 3 rings (SSSR count). The van der Waals surface area contributed by atoms with Gasteiger partial charge in [-0.2, -0.15) is 13.2 Å². The van der Waals surface area contributed by atoms with E-state index in [4.69, 9.17) is 25.8 Å². The predicted octanol–water partition coefficient (Wildman–Crippen LogP) is 6.10. The smallest absolute Gasteiger partial charge is 0.393 e. The van der Waals surface area contributed by atoms with Gasteiger partial charge < -0.3 is 19.3 Å². The zero-order valence-electron chi connectivity index (χ0n) is 18.6. The zero-order valence-corrected chi connectivity index (χ0v) is 19.3. The van der Waals surface area contributed by atoms with E-state index in [-0.39, 0.29) is 23.6 Å². The number of hydrogen-bond acceptors (Lipinski definition) is 4. The van der Waals surface area contributed by atoms with Crippen LogP contribution in [0.15, 0.2) is 36.4 Å². The summed E-state index contributed by atoms with van der Waals surface area (Å²) in [6.45, 7) is 6.09. The maximum absolute atomic E-state index is 12.5. The maximum atomic E-state index is 12.5. The van der Waals surface area contributed by atoms with Gasteiger partial charge >= 0.3 is 12.1 Å². The van der Waals surface area contributed by atoms with E-state index in [9.17, 15) is 23.1 Å². The van der Waals surface area contributed by atoms with E-state index in [1.54, 1.807) is 18.2 Å². The minimum absolute atomic E-state index is 0.0714. The van der Waals surface area contributed by atoms with Crippen molar-refractivity contribution in [3.05, 3.63) is 52.5 Å². The van der Waals surface area contributed by atoms with Crippen molar-refractivity contribution in [3.63, 3.8) is 0 Å². The van der Waals surface area contributed by atoms with Crippen molar-refractivity contribution < 1.29 is 37.3 Å². The molecule has 1 N–H and O–H groups in total. The number of carbonyl (C=O) groups is 1. The number of ether oxygens (including phenoxy) is 3. The van der Waals surface area contributed by atoms with Gasteiger partial charge in [0.05, 0.1) is 24.7 Å². The molecule has 0 saturated carbocycles. The Hall–Kier alpha value is -2.61. The molecule has 1 heterocycles. The van der Waals surface area contributed by atoms with Crippen molar-refractivity contribution in [2.45, 2.75) is 51.8 Å². The predicted molar refractivity (Wildman–Crippen MR) is 117 cm³/mol. The molecule has 0 unspecified atom stereocenters. The van der Waals surface area contributed by atoms with Crippen molar-refractivity contribution in [3.8, 4) is 17.2 Å². The lowest BCUT2D eigenvalue weighted by molar-refractivity contribution is -0.163. The summed E-state index contributed by atoms with van der Waals surface area (Å²) in [4.78, 5) is 12.0. The van der Waals surface area contributed by atoms with Crippen LogP contribution in [0.4, 0.5) is 13.2 Å². The van der Waals surface area contributed by atoms with Crippen LogP contribution in [0.2, 0.25) is 5.02 Å². The number of fused-ring (bicyclic) bond motifs is 1. The molecule has 180 valence electrons. The van der Waals surface area contributed by atoms with Crippen molar-refractivity contribution in [2.24, 2.45) is 5.41 Å². The first-order valence-electron chi connectivity index (χ1n) is 10.5. The average molecular weight is 487 g/mol. The monoisotopic (exact) mass is 486 g/mol. The minimum Gasteiger partial charge on any atom is -0.493 e. The van der Waals surface area contributed by atoms with Crippen LogP contribution >= 0.6 is 11.6 Å². The first-order valence-corrected chi connectivity index (χ1v) is 10.8. The molecule has 0 fully saturated rings. The van der Waals surface area contributed by atoms with Crippen LogP contribution in [-0.2, 0) is 17.6 Å². The fourth-order valence-electron chi connectivity index (χ4n) is 3.67. The number of halogens is 4. The lowest BCUT2D eigenvalue weighted by atomic mass is 9.74. The van der Waals surface area contributed by atoms with Crippen LogP contribution < -0.4 is 14.2 Å².